The Kier molecular flexibility index (Phi) is 3.49. The molecule has 2 aromatic rings. The van der Waals surface area contributed by atoms with Gasteiger partial charge in [-0.2, -0.15) is 5.10 Å². The van der Waals surface area contributed by atoms with Gasteiger partial charge in [0.25, 0.3) is 0 Å². The molecule has 0 radical (unpaired) electrons. The molecule has 0 aliphatic carbocycles. The molecular formula is C12H13N3O2. The van der Waals surface area contributed by atoms with E-state index < -0.39 is 0 Å². The van der Waals surface area contributed by atoms with Gasteiger partial charge in [-0.05, 0) is 25.1 Å². The zero-order chi connectivity index (χ0) is 12.1. The van der Waals surface area contributed by atoms with E-state index >= 15 is 0 Å². The first-order valence-electron chi connectivity index (χ1n) is 5.34. The summed E-state index contributed by atoms with van der Waals surface area (Å²) in [5.74, 6) is -0.341. The van der Waals surface area contributed by atoms with E-state index in [4.69, 9.17) is 4.74 Å². The molecule has 0 saturated heterocycles. The lowest BCUT2D eigenvalue weighted by molar-refractivity contribution is 0.0298. The zero-order valence-electron chi connectivity index (χ0n) is 9.48. The molecule has 1 atom stereocenters. The van der Waals surface area contributed by atoms with Gasteiger partial charge in [-0.1, -0.05) is 0 Å². The van der Waals surface area contributed by atoms with E-state index in [0.717, 1.165) is 0 Å². The maximum absolute atomic E-state index is 11.7. The summed E-state index contributed by atoms with van der Waals surface area (Å²) in [5.41, 5.74) is 0.507. The lowest BCUT2D eigenvalue weighted by Gasteiger charge is -2.13. The molecule has 0 N–H and O–H groups in total. The Labute approximate surface area is 99.1 Å². The van der Waals surface area contributed by atoms with Gasteiger partial charge in [0.15, 0.2) is 0 Å². The third-order valence-electron chi connectivity index (χ3n) is 2.23. The van der Waals surface area contributed by atoms with Crippen LogP contribution < -0.4 is 0 Å². The third-order valence-corrected chi connectivity index (χ3v) is 2.23. The van der Waals surface area contributed by atoms with Crippen LogP contribution in [0.4, 0.5) is 0 Å². The molecule has 2 heterocycles. The van der Waals surface area contributed by atoms with Crippen molar-refractivity contribution < 1.29 is 9.53 Å². The van der Waals surface area contributed by atoms with Crippen molar-refractivity contribution in [2.45, 2.75) is 19.6 Å². The van der Waals surface area contributed by atoms with E-state index in [0.29, 0.717) is 12.1 Å². The Morgan fingerprint density at radius 1 is 1.41 bits per heavy atom. The molecule has 0 bridgehead atoms. The number of carbonyl (C=O) groups is 1. The van der Waals surface area contributed by atoms with Gasteiger partial charge in [0, 0.05) is 24.8 Å². The van der Waals surface area contributed by atoms with Crippen LogP contribution in [0.2, 0.25) is 0 Å². The second-order valence-corrected chi connectivity index (χ2v) is 3.68. The third kappa shape index (κ3) is 3.14. The maximum Gasteiger partial charge on any atom is 0.338 e. The smallest absolute Gasteiger partial charge is 0.338 e. The first-order chi connectivity index (χ1) is 8.25. The van der Waals surface area contributed by atoms with Crippen LogP contribution in [0.15, 0.2) is 43.0 Å². The van der Waals surface area contributed by atoms with Crippen LogP contribution >= 0.6 is 0 Å². The largest absolute Gasteiger partial charge is 0.457 e. The van der Waals surface area contributed by atoms with Gasteiger partial charge in [-0.25, -0.2) is 4.79 Å². The van der Waals surface area contributed by atoms with Gasteiger partial charge >= 0.3 is 5.97 Å². The van der Waals surface area contributed by atoms with Crippen LogP contribution in [-0.2, 0) is 11.3 Å². The summed E-state index contributed by atoms with van der Waals surface area (Å²) in [5, 5.41) is 4.05. The molecule has 5 heteroatoms. The van der Waals surface area contributed by atoms with E-state index in [1.54, 1.807) is 35.4 Å². The Balaban J connectivity index is 1.91. The minimum Gasteiger partial charge on any atom is -0.457 e. The average molecular weight is 231 g/mol. The number of rotatable bonds is 4. The Bertz CT molecular complexity index is 468. The van der Waals surface area contributed by atoms with Gasteiger partial charge in [-0.15, -0.1) is 0 Å². The number of aromatic nitrogens is 3. The number of pyridine rings is 1. The van der Waals surface area contributed by atoms with Crippen molar-refractivity contribution in [3.63, 3.8) is 0 Å². The summed E-state index contributed by atoms with van der Waals surface area (Å²) in [6.07, 6.45) is 6.42. The molecule has 0 spiro atoms. The van der Waals surface area contributed by atoms with Gasteiger partial charge in [0.05, 0.1) is 12.1 Å². The van der Waals surface area contributed by atoms with Crippen LogP contribution in [0.5, 0.6) is 0 Å². The first kappa shape index (κ1) is 11.3. The molecule has 0 aliphatic rings. The fraction of sp³-hybridized carbons (Fsp3) is 0.250. The van der Waals surface area contributed by atoms with E-state index in [-0.39, 0.29) is 12.1 Å². The molecule has 5 nitrogen and oxygen atoms in total. The second kappa shape index (κ2) is 5.25. The van der Waals surface area contributed by atoms with E-state index in [1.165, 1.54) is 0 Å². The first-order valence-corrected chi connectivity index (χ1v) is 5.34. The topological polar surface area (TPSA) is 57.0 Å². The van der Waals surface area contributed by atoms with Crippen LogP contribution in [0.1, 0.15) is 17.3 Å². The number of esters is 1. The van der Waals surface area contributed by atoms with E-state index in [9.17, 15) is 4.79 Å². The van der Waals surface area contributed by atoms with Crippen LogP contribution in [0, 0.1) is 0 Å². The molecule has 88 valence electrons. The van der Waals surface area contributed by atoms with Gasteiger partial charge in [-0.3, -0.25) is 9.67 Å². The zero-order valence-corrected chi connectivity index (χ0v) is 9.48. The summed E-state index contributed by atoms with van der Waals surface area (Å²) in [4.78, 5) is 15.5. The molecule has 0 unspecified atom stereocenters. The van der Waals surface area contributed by atoms with Crippen LogP contribution in [-0.4, -0.2) is 26.8 Å². The molecule has 0 aromatic carbocycles. The fourth-order valence-corrected chi connectivity index (χ4v) is 1.45. The fourth-order valence-electron chi connectivity index (χ4n) is 1.45. The normalized spacial score (nSPS) is 12.1. The minimum absolute atomic E-state index is 0.226. The highest BCUT2D eigenvalue weighted by molar-refractivity contribution is 5.89. The number of ether oxygens (including phenoxy) is 1. The van der Waals surface area contributed by atoms with Gasteiger partial charge in [0.1, 0.15) is 6.10 Å². The lowest BCUT2D eigenvalue weighted by Crippen LogP contribution is -2.21. The Hall–Kier alpha value is -2.17. The van der Waals surface area contributed by atoms with Gasteiger partial charge in [0.2, 0.25) is 0 Å². The predicted molar refractivity (Wildman–Crippen MR) is 61.3 cm³/mol. The Morgan fingerprint density at radius 3 is 2.82 bits per heavy atom. The Morgan fingerprint density at radius 2 is 2.18 bits per heavy atom. The van der Waals surface area contributed by atoms with Crippen LogP contribution in [0.3, 0.4) is 0 Å². The standard InChI is InChI=1S/C12H13N3O2/c1-10(9-15-8-2-5-14-15)17-12(16)11-3-6-13-7-4-11/h2-8,10H,9H2,1H3/t10-/m0/s1. The predicted octanol–water partition coefficient (Wildman–Crippen LogP) is 1.52. The molecule has 0 fully saturated rings. The maximum atomic E-state index is 11.7. The van der Waals surface area contributed by atoms with Crippen molar-refractivity contribution in [1.29, 1.82) is 0 Å². The average Bonchev–Trinajstić information content (AvgIpc) is 2.82. The van der Waals surface area contributed by atoms with Crippen molar-refractivity contribution in [3.05, 3.63) is 48.5 Å². The van der Waals surface area contributed by atoms with Crippen molar-refractivity contribution >= 4 is 5.97 Å². The summed E-state index contributed by atoms with van der Waals surface area (Å²) in [6, 6.07) is 5.09. The molecule has 0 aliphatic heterocycles. The highest BCUT2D eigenvalue weighted by Gasteiger charge is 2.12. The van der Waals surface area contributed by atoms with E-state index in [1.807, 2.05) is 19.2 Å². The van der Waals surface area contributed by atoms with Crippen molar-refractivity contribution in [2.75, 3.05) is 0 Å². The molecular weight excluding hydrogens is 218 g/mol. The second-order valence-electron chi connectivity index (χ2n) is 3.68. The quantitative estimate of drug-likeness (QED) is 0.749. The van der Waals surface area contributed by atoms with Crippen molar-refractivity contribution in [2.24, 2.45) is 0 Å². The highest BCUT2D eigenvalue weighted by atomic mass is 16.5. The minimum atomic E-state index is -0.341. The molecule has 0 amide bonds. The molecule has 2 aromatic heterocycles. The van der Waals surface area contributed by atoms with Gasteiger partial charge < -0.3 is 4.74 Å². The SMILES string of the molecule is C[C@@H](Cn1cccn1)OC(=O)c1ccncc1. The summed E-state index contributed by atoms with van der Waals surface area (Å²) in [6.45, 7) is 2.38. The van der Waals surface area contributed by atoms with E-state index in [2.05, 4.69) is 10.1 Å². The van der Waals surface area contributed by atoms with Crippen molar-refractivity contribution in [1.82, 2.24) is 14.8 Å². The number of carbonyl (C=O) groups excluding carboxylic acids is 1. The summed E-state index contributed by atoms with van der Waals surface area (Å²) in [7, 11) is 0. The summed E-state index contributed by atoms with van der Waals surface area (Å²) >= 11 is 0. The molecule has 0 saturated carbocycles. The molecule has 2 rings (SSSR count). The number of hydrogen-bond acceptors (Lipinski definition) is 4. The monoisotopic (exact) mass is 231 g/mol. The van der Waals surface area contributed by atoms with Crippen LogP contribution in [0.25, 0.3) is 0 Å². The highest BCUT2D eigenvalue weighted by Crippen LogP contribution is 2.04. The molecule has 17 heavy (non-hydrogen) atoms. The number of nitrogens with zero attached hydrogens (tertiary/aromatic N) is 3. The van der Waals surface area contributed by atoms with Crippen molar-refractivity contribution in [3.8, 4) is 0 Å². The number of hydrogen-bond donors (Lipinski definition) is 0. The lowest BCUT2D eigenvalue weighted by atomic mass is 10.3. The summed E-state index contributed by atoms with van der Waals surface area (Å²) < 4.78 is 7.01.